The number of aliphatic carboxylic acids is 1. The van der Waals surface area contributed by atoms with E-state index in [9.17, 15) is 19.5 Å². The minimum Gasteiger partial charge on any atom is -0.480 e. The molecule has 150 valence electrons. The summed E-state index contributed by atoms with van der Waals surface area (Å²) in [5.74, 6) is -1.19. The average Bonchev–Trinajstić information content (AvgIpc) is 2.85. The van der Waals surface area contributed by atoms with Gasteiger partial charge < -0.3 is 20.1 Å². The van der Waals surface area contributed by atoms with Crippen LogP contribution in [0.25, 0.3) is 0 Å². The van der Waals surface area contributed by atoms with E-state index in [1.54, 1.807) is 20.8 Å². The number of rotatable bonds is 5. The first-order valence-corrected chi connectivity index (χ1v) is 9.29. The summed E-state index contributed by atoms with van der Waals surface area (Å²) in [6, 6.07) is -1.70. The van der Waals surface area contributed by atoms with Crippen molar-refractivity contribution >= 4 is 18.0 Å². The van der Waals surface area contributed by atoms with Crippen LogP contribution in [0.3, 0.4) is 0 Å². The Hall–Kier alpha value is -1.79. The normalized spacial score (nSPS) is 22.0. The van der Waals surface area contributed by atoms with Crippen LogP contribution in [0.1, 0.15) is 67.7 Å². The van der Waals surface area contributed by atoms with Crippen molar-refractivity contribution in [1.82, 2.24) is 10.2 Å². The SMILES string of the molecule is CCC[C@H]1C[C@@H](C(=O)O)N(C(=O)[C@@H](NC(=O)OC(C)(C)C)C(C)(C)C)C1. The molecule has 1 aliphatic heterocycles. The molecule has 0 aliphatic carbocycles. The molecule has 1 aliphatic rings. The Morgan fingerprint density at radius 2 is 1.77 bits per heavy atom. The number of hydrogen-bond acceptors (Lipinski definition) is 4. The first-order chi connectivity index (χ1) is 11.8. The maximum Gasteiger partial charge on any atom is 0.408 e. The molecule has 0 saturated carbocycles. The van der Waals surface area contributed by atoms with Crippen molar-refractivity contribution in [2.75, 3.05) is 6.54 Å². The van der Waals surface area contributed by atoms with Gasteiger partial charge in [0.05, 0.1) is 0 Å². The second-order valence-corrected chi connectivity index (χ2v) is 9.18. The maximum atomic E-state index is 13.2. The number of carbonyl (C=O) groups is 3. The third-order valence-electron chi connectivity index (χ3n) is 4.43. The summed E-state index contributed by atoms with van der Waals surface area (Å²) in [6.07, 6.45) is 1.60. The molecule has 7 heteroatoms. The Labute approximate surface area is 156 Å². The van der Waals surface area contributed by atoms with E-state index >= 15 is 0 Å². The van der Waals surface area contributed by atoms with Crippen molar-refractivity contribution in [1.29, 1.82) is 0 Å². The average molecular weight is 370 g/mol. The zero-order chi connectivity index (χ0) is 20.3. The van der Waals surface area contributed by atoms with Crippen LogP contribution in [0.15, 0.2) is 0 Å². The maximum absolute atomic E-state index is 13.2. The molecular formula is C19H34N2O5. The van der Waals surface area contributed by atoms with E-state index in [1.165, 1.54) is 4.90 Å². The Morgan fingerprint density at radius 1 is 1.19 bits per heavy atom. The zero-order valence-corrected chi connectivity index (χ0v) is 17.1. The lowest BCUT2D eigenvalue weighted by Crippen LogP contribution is -2.57. The number of nitrogens with one attached hydrogen (secondary N) is 1. The fourth-order valence-electron chi connectivity index (χ4n) is 3.26. The fraction of sp³-hybridized carbons (Fsp3) is 0.842. The molecule has 1 heterocycles. The minimum absolute atomic E-state index is 0.173. The van der Waals surface area contributed by atoms with Gasteiger partial charge in [-0.15, -0.1) is 0 Å². The lowest BCUT2D eigenvalue weighted by atomic mass is 9.85. The first kappa shape index (κ1) is 22.3. The van der Waals surface area contributed by atoms with E-state index in [4.69, 9.17) is 4.74 Å². The zero-order valence-electron chi connectivity index (χ0n) is 17.1. The van der Waals surface area contributed by atoms with Gasteiger partial charge in [0.25, 0.3) is 0 Å². The highest BCUT2D eigenvalue weighted by Gasteiger charge is 2.44. The van der Waals surface area contributed by atoms with Gasteiger partial charge in [0.15, 0.2) is 0 Å². The number of nitrogens with zero attached hydrogens (tertiary/aromatic N) is 1. The van der Waals surface area contributed by atoms with Crippen LogP contribution in [0.5, 0.6) is 0 Å². The number of carbonyl (C=O) groups excluding carboxylic acids is 2. The van der Waals surface area contributed by atoms with Crippen LogP contribution < -0.4 is 5.32 Å². The molecule has 1 fully saturated rings. The fourth-order valence-corrected chi connectivity index (χ4v) is 3.26. The molecule has 0 spiro atoms. The van der Waals surface area contributed by atoms with Gasteiger partial charge >= 0.3 is 12.1 Å². The predicted octanol–water partition coefficient (Wildman–Crippen LogP) is 3.03. The van der Waals surface area contributed by atoms with Crippen LogP contribution in [0.2, 0.25) is 0 Å². The monoisotopic (exact) mass is 370 g/mol. The number of likely N-dealkylation sites (tertiary alicyclic amines) is 1. The lowest BCUT2D eigenvalue weighted by molar-refractivity contribution is -0.150. The highest BCUT2D eigenvalue weighted by Crippen LogP contribution is 2.30. The third-order valence-corrected chi connectivity index (χ3v) is 4.43. The Morgan fingerprint density at radius 3 is 2.19 bits per heavy atom. The molecule has 0 bridgehead atoms. The second kappa shape index (κ2) is 8.27. The molecule has 7 nitrogen and oxygen atoms in total. The van der Waals surface area contributed by atoms with Crippen molar-refractivity contribution in [3.8, 4) is 0 Å². The Balaban J connectivity index is 3.01. The number of amides is 2. The van der Waals surface area contributed by atoms with Gasteiger partial charge in [0, 0.05) is 6.54 Å². The van der Waals surface area contributed by atoms with Gasteiger partial charge in [0.1, 0.15) is 17.7 Å². The van der Waals surface area contributed by atoms with E-state index in [2.05, 4.69) is 5.32 Å². The van der Waals surface area contributed by atoms with E-state index in [1.807, 2.05) is 27.7 Å². The van der Waals surface area contributed by atoms with Crippen LogP contribution in [-0.2, 0) is 14.3 Å². The van der Waals surface area contributed by atoms with Gasteiger partial charge in [-0.2, -0.15) is 0 Å². The first-order valence-electron chi connectivity index (χ1n) is 9.29. The largest absolute Gasteiger partial charge is 0.480 e. The van der Waals surface area contributed by atoms with Gasteiger partial charge in [-0.05, 0) is 44.9 Å². The van der Waals surface area contributed by atoms with Crippen LogP contribution in [-0.4, -0.2) is 52.2 Å². The molecule has 1 rings (SSSR count). The summed E-state index contributed by atoms with van der Waals surface area (Å²) in [5, 5.41) is 12.2. The van der Waals surface area contributed by atoms with E-state index in [0.29, 0.717) is 13.0 Å². The third kappa shape index (κ3) is 6.18. The van der Waals surface area contributed by atoms with Gasteiger partial charge in [-0.3, -0.25) is 4.79 Å². The number of hydrogen-bond donors (Lipinski definition) is 2. The van der Waals surface area contributed by atoms with Gasteiger partial charge in [0.2, 0.25) is 5.91 Å². The molecule has 1 saturated heterocycles. The van der Waals surface area contributed by atoms with Crippen molar-refractivity contribution in [2.24, 2.45) is 11.3 Å². The summed E-state index contributed by atoms with van der Waals surface area (Å²) in [4.78, 5) is 38.4. The van der Waals surface area contributed by atoms with E-state index < -0.39 is 35.2 Å². The summed E-state index contributed by atoms with van der Waals surface area (Å²) in [6.45, 7) is 13.2. The van der Waals surface area contributed by atoms with Crippen LogP contribution >= 0.6 is 0 Å². The summed E-state index contributed by atoms with van der Waals surface area (Å²) >= 11 is 0. The van der Waals surface area contributed by atoms with Crippen molar-refractivity contribution in [3.05, 3.63) is 0 Å². The van der Waals surface area contributed by atoms with Crippen LogP contribution in [0, 0.1) is 11.3 Å². The number of ether oxygens (including phenoxy) is 1. The molecule has 26 heavy (non-hydrogen) atoms. The molecule has 0 unspecified atom stereocenters. The minimum atomic E-state index is -0.998. The molecule has 0 aromatic rings. The summed E-state index contributed by atoms with van der Waals surface area (Å²) in [5.41, 5.74) is -1.26. The molecule has 2 N–H and O–H groups in total. The topological polar surface area (TPSA) is 95.9 Å². The quantitative estimate of drug-likeness (QED) is 0.775. The lowest BCUT2D eigenvalue weighted by Gasteiger charge is -2.35. The van der Waals surface area contributed by atoms with E-state index in [0.717, 1.165) is 12.8 Å². The van der Waals surface area contributed by atoms with Gasteiger partial charge in [-0.1, -0.05) is 34.1 Å². The van der Waals surface area contributed by atoms with E-state index in [-0.39, 0.29) is 11.8 Å². The molecule has 0 aromatic carbocycles. The standard InChI is InChI=1S/C19H34N2O5/c1-8-9-12-10-13(16(23)24)21(11-12)15(22)14(18(2,3)4)20-17(25)26-19(5,6)7/h12-14H,8-11H2,1-7H3,(H,20,25)(H,23,24)/t12-,13-,14+/m0/s1. The van der Waals surface area contributed by atoms with Crippen molar-refractivity contribution in [2.45, 2.75) is 85.4 Å². The Bertz CT molecular complexity index is 533. The Kier molecular flexibility index (Phi) is 7.08. The number of carboxylic acid groups (broad SMARTS) is 1. The predicted molar refractivity (Wildman–Crippen MR) is 98.8 cm³/mol. The van der Waals surface area contributed by atoms with Crippen LogP contribution in [0.4, 0.5) is 4.79 Å². The second-order valence-electron chi connectivity index (χ2n) is 9.18. The summed E-state index contributed by atoms with van der Waals surface area (Å²) < 4.78 is 5.27. The van der Waals surface area contributed by atoms with Crippen molar-refractivity contribution < 1.29 is 24.2 Å². The summed E-state index contributed by atoms with van der Waals surface area (Å²) in [7, 11) is 0. The number of alkyl carbamates (subject to hydrolysis) is 1. The highest BCUT2D eigenvalue weighted by molar-refractivity contribution is 5.90. The molecule has 0 radical (unpaired) electrons. The molecular weight excluding hydrogens is 336 g/mol. The molecule has 3 atom stereocenters. The van der Waals surface area contributed by atoms with Gasteiger partial charge in [-0.25, -0.2) is 9.59 Å². The van der Waals surface area contributed by atoms with Crippen molar-refractivity contribution in [3.63, 3.8) is 0 Å². The highest BCUT2D eigenvalue weighted by atomic mass is 16.6. The number of carboxylic acids is 1. The molecule has 2 amide bonds. The molecule has 0 aromatic heterocycles. The smallest absolute Gasteiger partial charge is 0.408 e.